The molecule has 0 saturated carbocycles. The van der Waals surface area contributed by atoms with Gasteiger partial charge in [0.1, 0.15) is 11.2 Å². The third-order valence-electron chi connectivity index (χ3n) is 13.7. The van der Waals surface area contributed by atoms with Crippen molar-refractivity contribution >= 4 is 65.3 Å². The van der Waals surface area contributed by atoms with Gasteiger partial charge >= 0.3 is 0 Å². The molecule has 0 N–H and O–H groups in total. The van der Waals surface area contributed by atoms with Gasteiger partial charge in [0.25, 0.3) is 0 Å². The second-order valence-corrected chi connectivity index (χ2v) is 17.1. The average Bonchev–Trinajstić information content (AvgIpc) is 3.47. The van der Waals surface area contributed by atoms with Crippen molar-refractivity contribution in [1.82, 2.24) is 4.57 Å². The highest BCUT2D eigenvalue weighted by Crippen LogP contribution is 2.46. The number of aromatic nitrogens is 1. The topological polar surface area (TPSA) is 18.1 Å². The zero-order valence-electron chi connectivity index (χ0n) is 34.2. The molecule has 292 valence electrons. The molecule has 1 aliphatic carbocycles. The van der Waals surface area contributed by atoms with Gasteiger partial charge in [-0.25, -0.2) is 0 Å². The third kappa shape index (κ3) is 5.43. The highest BCUT2D eigenvalue weighted by atomic mass is 16.3. The normalized spacial score (nSPS) is 13.9. The molecule has 13 rings (SSSR count). The van der Waals surface area contributed by atoms with Crippen molar-refractivity contribution in [3.63, 3.8) is 0 Å². The summed E-state index contributed by atoms with van der Waals surface area (Å²) in [4.78, 5) is 0. The lowest BCUT2D eigenvalue weighted by Crippen LogP contribution is -2.04. The minimum atomic E-state index is 0.420. The number of benzene rings is 10. The van der Waals surface area contributed by atoms with Gasteiger partial charge in [-0.05, 0) is 134 Å². The smallest absolute Gasteiger partial charge is 0.143 e. The van der Waals surface area contributed by atoms with Crippen molar-refractivity contribution in [2.24, 2.45) is 0 Å². The van der Waals surface area contributed by atoms with Crippen molar-refractivity contribution in [2.75, 3.05) is 0 Å². The Kier molecular flexibility index (Phi) is 7.90. The second kappa shape index (κ2) is 13.9. The van der Waals surface area contributed by atoms with Crippen molar-refractivity contribution in [2.45, 2.75) is 25.2 Å². The zero-order valence-corrected chi connectivity index (χ0v) is 34.2. The van der Waals surface area contributed by atoms with Gasteiger partial charge in [-0.2, -0.15) is 0 Å². The molecule has 1 unspecified atom stereocenters. The van der Waals surface area contributed by atoms with E-state index in [1.807, 2.05) is 0 Å². The van der Waals surface area contributed by atoms with Crippen LogP contribution in [0, 0.1) is 0 Å². The number of aryl methyl sites for hydroxylation is 1. The van der Waals surface area contributed by atoms with Crippen LogP contribution in [0.1, 0.15) is 29.0 Å². The number of rotatable bonds is 5. The first kappa shape index (κ1) is 35.1. The van der Waals surface area contributed by atoms with E-state index in [2.05, 4.69) is 211 Å². The molecule has 12 aromatic rings. The standard InChI is InChI=1S/C60H41NO/c1-3-13-38(14-4-1)35-42-26-25-39-15-7-8-20-46(39)53-36-43(29-31-47(42)53)48-32-27-40-16-11-22-51-52-23-12-17-41-28-33-49(60(58(41)52)62-59(48)57(40)51)44-30-34-56-54(37-44)50-21-9-10-24-55(50)61(56)45-18-5-2-6-19-45/h1-24,27-34,36-37,42H,25-26,35H2. The fraction of sp³-hybridized carbons (Fsp3) is 0.0667. The van der Waals surface area contributed by atoms with Gasteiger partial charge in [-0.1, -0.05) is 158 Å². The van der Waals surface area contributed by atoms with E-state index in [1.54, 1.807) is 0 Å². The quantitative estimate of drug-likeness (QED) is 0.170. The molecule has 10 aromatic carbocycles. The zero-order chi connectivity index (χ0) is 40.7. The van der Waals surface area contributed by atoms with E-state index in [0.717, 1.165) is 63.6 Å². The molecule has 1 atom stereocenters. The largest absolute Gasteiger partial charge is 0.455 e. The van der Waals surface area contributed by atoms with Gasteiger partial charge < -0.3 is 8.98 Å². The SMILES string of the molecule is c1ccc(CC2CCc3ccccc3-c3cc(-c4ccc5cccc6c7cccc8ccc(-c9ccc%10c(c9)c9ccccc9n%10-c9ccccc9)c(oc4c56)c87)ccc32)cc1. The number of nitrogens with zero attached hydrogens (tertiary/aromatic N) is 1. The van der Waals surface area contributed by atoms with Crippen LogP contribution in [0.5, 0.6) is 0 Å². The maximum Gasteiger partial charge on any atom is 0.143 e. The van der Waals surface area contributed by atoms with Gasteiger partial charge in [0.15, 0.2) is 0 Å². The molecule has 0 bridgehead atoms. The molecule has 62 heavy (non-hydrogen) atoms. The molecule has 0 radical (unpaired) electrons. The molecule has 0 saturated heterocycles. The van der Waals surface area contributed by atoms with Crippen LogP contribution in [-0.2, 0) is 12.8 Å². The van der Waals surface area contributed by atoms with E-state index in [4.69, 9.17) is 4.42 Å². The van der Waals surface area contributed by atoms with Crippen molar-refractivity contribution in [1.29, 1.82) is 0 Å². The van der Waals surface area contributed by atoms with Crippen LogP contribution in [-0.4, -0.2) is 4.57 Å². The van der Waals surface area contributed by atoms with Crippen LogP contribution in [0.2, 0.25) is 0 Å². The number of hydrogen-bond acceptors (Lipinski definition) is 1. The van der Waals surface area contributed by atoms with Crippen LogP contribution in [0.4, 0.5) is 0 Å². The highest BCUT2D eigenvalue weighted by molar-refractivity contribution is 6.26. The fourth-order valence-corrected chi connectivity index (χ4v) is 10.8. The Hall–Kier alpha value is -7.68. The number of para-hydroxylation sites is 2. The predicted molar refractivity (Wildman–Crippen MR) is 261 cm³/mol. The molecule has 2 heteroatoms. The average molecular weight is 792 g/mol. The molecule has 2 heterocycles. The maximum atomic E-state index is 7.62. The monoisotopic (exact) mass is 791 g/mol. The first-order valence-electron chi connectivity index (χ1n) is 21.9. The van der Waals surface area contributed by atoms with Crippen LogP contribution in [0.3, 0.4) is 0 Å². The summed E-state index contributed by atoms with van der Waals surface area (Å²) in [5, 5.41) is 9.48. The van der Waals surface area contributed by atoms with Crippen LogP contribution >= 0.6 is 0 Å². The van der Waals surface area contributed by atoms with E-state index >= 15 is 0 Å². The molecule has 0 spiro atoms. The lowest BCUT2D eigenvalue weighted by Gasteiger charge is -2.19. The molecule has 2 aromatic heterocycles. The molecular formula is C60H41NO. The van der Waals surface area contributed by atoms with Gasteiger partial charge in [0, 0.05) is 38.4 Å². The first-order valence-corrected chi connectivity index (χ1v) is 21.9. The van der Waals surface area contributed by atoms with Crippen LogP contribution in [0.15, 0.2) is 211 Å². The molecule has 0 amide bonds. The first-order chi connectivity index (χ1) is 30.7. The molecule has 1 aliphatic rings. The second-order valence-electron chi connectivity index (χ2n) is 17.1. The Labute approximate surface area is 359 Å². The summed E-state index contributed by atoms with van der Waals surface area (Å²) >= 11 is 0. The summed E-state index contributed by atoms with van der Waals surface area (Å²) in [6, 6.07) is 76.1. The number of hydrogen-bond donors (Lipinski definition) is 0. The minimum Gasteiger partial charge on any atom is -0.455 e. The summed E-state index contributed by atoms with van der Waals surface area (Å²) in [5.41, 5.74) is 16.7. The summed E-state index contributed by atoms with van der Waals surface area (Å²) in [6.45, 7) is 0. The minimum absolute atomic E-state index is 0.420. The van der Waals surface area contributed by atoms with E-state index in [1.165, 1.54) is 76.7 Å². The maximum absolute atomic E-state index is 7.62. The Morgan fingerprint density at radius 1 is 0.435 bits per heavy atom. The number of fused-ring (bicyclic) bond motifs is 7. The molecule has 2 nitrogen and oxygen atoms in total. The van der Waals surface area contributed by atoms with E-state index in [-0.39, 0.29) is 0 Å². The van der Waals surface area contributed by atoms with E-state index in [9.17, 15) is 0 Å². The van der Waals surface area contributed by atoms with Crippen LogP contribution < -0.4 is 0 Å². The third-order valence-corrected chi connectivity index (χ3v) is 13.7. The van der Waals surface area contributed by atoms with Gasteiger partial charge in [-0.3, -0.25) is 0 Å². The van der Waals surface area contributed by atoms with Crippen molar-refractivity contribution in [3.8, 4) is 39.1 Å². The fourth-order valence-electron chi connectivity index (χ4n) is 10.8. The molecule has 0 fully saturated rings. The van der Waals surface area contributed by atoms with Gasteiger partial charge in [0.2, 0.25) is 0 Å². The Balaban J connectivity index is 1.07. The molecular weight excluding hydrogens is 751 g/mol. The highest BCUT2D eigenvalue weighted by Gasteiger charge is 2.25. The van der Waals surface area contributed by atoms with Gasteiger partial charge in [-0.15, -0.1) is 0 Å². The van der Waals surface area contributed by atoms with Crippen LogP contribution in [0.25, 0.3) is 104 Å². The summed E-state index contributed by atoms with van der Waals surface area (Å²) in [6.07, 6.45) is 3.21. The Morgan fingerprint density at radius 3 is 1.81 bits per heavy atom. The summed E-state index contributed by atoms with van der Waals surface area (Å²) < 4.78 is 10.0. The lowest BCUT2D eigenvalue weighted by atomic mass is 9.85. The summed E-state index contributed by atoms with van der Waals surface area (Å²) in [7, 11) is 0. The van der Waals surface area contributed by atoms with Gasteiger partial charge in [0.05, 0.1) is 11.0 Å². The van der Waals surface area contributed by atoms with E-state index in [0.29, 0.717) is 5.92 Å². The molecule has 0 aliphatic heterocycles. The summed E-state index contributed by atoms with van der Waals surface area (Å²) in [5.74, 6) is 0.420. The predicted octanol–water partition coefficient (Wildman–Crippen LogP) is 16.3. The van der Waals surface area contributed by atoms with Crippen molar-refractivity contribution < 1.29 is 4.42 Å². The van der Waals surface area contributed by atoms with E-state index < -0.39 is 0 Å². The lowest BCUT2D eigenvalue weighted by molar-refractivity contribution is 0.629. The van der Waals surface area contributed by atoms with Crippen molar-refractivity contribution in [3.05, 3.63) is 223 Å². The Bertz CT molecular complexity index is 3720. The Morgan fingerprint density at radius 2 is 1.05 bits per heavy atom.